The number of nitrogens with zero attached hydrogens (tertiary/aromatic N) is 1. The normalized spacial score (nSPS) is 21.9. The molecule has 0 bridgehead atoms. The molecule has 3 N–H and O–H groups in total. The number of halogens is 4. The molecule has 9 heteroatoms. The number of nitrogens with one attached hydrogen (secondary N) is 3. The standard InChI is InChI=1S/C25H32ClF3N4O/c26-23-15-31-24(33-20-6-4-19(5-7-20)32-16-25(27,28)29)13-22(23)18-2-1-3-21(12-18)30-14-17-8-10-34-11-9-17/h1-3,12-13,15,17,19-20,30,32H,4-11,14,16H2,(H,31,33). The summed E-state index contributed by atoms with van der Waals surface area (Å²) in [6.45, 7) is 1.66. The minimum absolute atomic E-state index is 0.0928. The zero-order chi connectivity index (χ0) is 24.0. The summed E-state index contributed by atoms with van der Waals surface area (Å²) in [5.41, 5.74) is 2.96. The zero-order valence-electron chi connectivity index (χ0n) is 19.1. The molecule has 1 aromatic heterocycles. The van der Waals surface area contributed by atoms with Gasteiger partial charge in [0.15, 0.2) is 0 Å². The zero-order valence-corrected chi connectivity index (χ0v) is 19.9. The molecule has 186 valence electrons. The monoisotopic (exact) mass is 496 g/mol. The number of alkyl halides is 3. The van der Waals surface area contributed by atoms with E-state index in [2.05, 4.69) is 33.1 Å². The van der Waals surface area contributed by atoms with Crippen LogP contribution >= 0.6 is 11.6 Å². The Kier molecular flexibility index (Phi) is 8.55. The molecule has 4 rings (SSSR count). The second-order valence-electron chi connectivity index (χ2n) is 9.26. The number of rotatable bonds is 8. The number of hydrogen-bond acceptors (Lipinski definition) is 5. The van der Waals surface area contributed by atoms with Gasteiger partial charge in [-0.25, -0.2) is 4.98 Å². The first-order valence-electron chi connectivity index (χ1n) is 12.0. The van der Waals surface area contributed by atoms with Crippen molar-refractivity contribution in [1.82, 2.24) is 10.3 Å². The number of pyridine rings is 1. The molecule has 1 aliphatic carbocycles. The van der Waals surface area contributed by atoms with Crippen LogP contribution in [0.4, 0.5) is 24.7 Å². The van der Waals surface area contributed by atoms with Crippen molar-refractivity contribution in [2.75, 3.05) is 36.9 Å². The molecule has 0 atom stereocenters. The fraction of sp³-hybridized carbons (Fsp3) is 0.560. The van der Waals surface area contributed by atoms with Crippen LogP contribution in [-0.4, -0.2) is 49.5 Å². The average molecular weight is 497 g/mol. The summed E-state index contributed by atoms with van der Waals surface area (Å²) in [4.78, 5) is 4.43. The summed E-state index contributed by atoms with van der Waals surface area (Å²) in [5.74, 6) is 1.35. The highest BCUT2D eigenvalue weighted by Crippen LogP contribution is 2.32. The summed E-state index contributed by atoms with van der Waals surface area (Å²) < 4.78 is 42.7. The van der Waals surface area contributed by atoms with Crippen LogP contribution < -0.4 is 16.0 Å². The van der Waals surface area contributed by atoms with Crippen molar-refractivity contribution in [2.45, 2.75) is 56.8 Å². The Balaban J connectivity index is 1.34. The number of ether oxygens (including phenoxy) is 1. The molecular formula is C25H32ClF3N4O. The maximum Gasteiger partial charge on any atom is 0.401 e. The number of aromatic nitrogens is 1. The van der Waals surface area contributed by atoms with Crippen molar-refractivity contribution in [2.24, 2.45) is 5.92 Å². The number of hydrogen-bond donors (Lipinski definition) is 3. The van der Waals surface area contributed by atoms with Gasteiger partial charge >= 0.3 is 6.18 Å². The van der Waals surface area contributed by atoms with Crippen molar-refractivity contribution >= 4 is 23.1 Å². The van der Waals surface area contributed by atoms with Crippen LogP contribution in [0.2, 0.25) is 5.02 Å². The van der Waals surface area contributed by atoms with E-state index in [1.165, 1.54) is 0 Å². The van der Waals surface area contributed by atoms with Crippen LogP contribution in [0.15, 0.2) is 36.5 Å². The second kappa shape index (κ2) is 11.6. The molecule has 0 radical (unpaired) electrons. The predicted molar refractivity (Wildman–Crippen MR) is 130 cm³/mol. The lowest BCUT2D eigenvalue weighted by atomic mass is 9.91. The highest BCUT2D eigenvalue weighted by Gasteiger charge is 2.29. The van der Waals surface area contributed by atoms with E-state index in [9.17, 15) is 13.2 Å². The lowest BCUT2D eigenvalue weighted by Gasteiger charge is -2.30. The van der Waals surface area contributed by atoms with Gasteiger partial charge in [0.1, 0.15) is 5.82 Å². The average Bonchev–Trinajstić information content (AvgIpc) is 2.84. The van der Waals surface area contributed by atoms with Crippen LogP contribution in [0, 0.1) is 5.92 Å². The topological polar surface area (TPSA) is 58.2 Å². The molecule has 2 aromatic rings. The Bertz CT molecular complexity index is 929. The highest BCUT2D eigenvalue weighted by atomic mass is 35.5. The summed E-state index contributed by atoms with van der Waals surface area (Å²) >= 11 is 6.49. The molecule has 1 saturated heterocycles. The molecule has 0 amide bonds. The van der Waals surface area contributed by atoms with Gasteiger partial charge in [-0.05, 0) is 68.2 Å². The molecule has 0 spiro atoms. The Morgan fingerprint density at radius 1 is 1.00 bits per heavy atom. The van der Waals surface area contributed by atoms with Gasteiger partial charge in [-0.3, -0.25) is 0 Å². The van der Waals surface area contributed by atoms with Gasteiger partial charge in [-0.2, -0.15) is 13.2 Å². The minimum atomic E-state index is -4.17. The van der Waals surface area contributed by atoms with E-state index in [1.54, 1.807) is 6.20 Å². The van der Waals surface area contributed by atoms with Crippen LogP contribution in [0.5, 0.6) is 0 Å². The third kappa shape index (κ3) is 7.48. The van der Waals surface area contributed by atoms with E-state index in [0.717, 1.165) is 68.1 Å². The van der Waals surface area contributed by atoms with Crippen LogP contribution in [0.3, 0.4) is 0 Å². The predicted octanol–water partition coefficient (Wildman–Crippen LogP) is 6.12. The van der Waals surface area contributed by atoms with Crippen LogP contribution in [0.1, 0.15) is 38.5 Å². The van der Waals surface area contributed by atoms with Gasteiger partial charge in [-0.15, -0.1) is 0 Å². The van der Waals surface area contributed by atoms with E-state index in [0.29, 0.717) is 23.8 Å². The maximum absolute atomic E-state index is 12.4. The van der Waals surface area contributed by atoms with E-state index in [1.807, 2.05) is 18.2 Å². The second-order valence-corrected chi connectivity index (χ2v) is 9.66. The lowest BCUT2D eigenvalue weighted by Crippen LogP contribution is -2.41. The van der Waals surface area contributed by atoms with E-state index >= 15 is 0 Å². The van der Waals surface area contributed by atoms with Gasteiger partial charge in [0.05, 0.1) is 11.6 Å². The molecule has 34 heavy (non-hydrogen) atoms. The van der Waals surface area contributed by atoms with Crippen molar-refractivity contribution in [1.29, 1.82) is 0 Å². The third-order valence-corrected chi connectivity index (χ3v) is 6.94. The van der Waals surface area contributed by atoms with Crippen LogP contribution in [-0.2, 0) is 4.74 Å². The van der Waals surface area contributed by atoms with Gasteiger partial charge in [0.2, 0.25) is 0 Å². The molecule has 2 heterocycles. The molecule has 5 nitrogen and oxygen atoms in total. The summed E-state index contributed by atoms with van der Waals surface area (Å²) in [7, 11) is 0. The summed E-state index contributed by atoms with van der Waals surface area (Å²) in [5, 5.41) is 10.2. The SMILES string of the molecule is FC(F)(F)CNC1CCC(Nc2cc(-c3cccc(NCC4CCOCC4)c3)c(Cl)cn2)CC1. The molecular weight excluding hydrogens is 465 g/mol. The summed E-state index contributed by atoms with van der Waals surface area (Å²) in [6.07, 6.45) is 2.64. The first-order valence-corrected chi connectivity index (χ1v) is 12.4. The van der Waals surface area contributed by atoms with Crippen LogP contribution in [0.25, 0.3) is 11.1 Å². The van der Waals surface area contributed by atoms with E-state index in [-0.39, 0.29) is 12.1 Å². The number of anilines is 2. The Morgan fingerprint density at radius 3 is 2.47 bits per heavy atom. The van der Waals surface area contributed by atoms with E-state index in [4.69, 9.17) is 16.3 Å². The number of benzene rings is 1. The summed E-state index contributed by atoms with van der Waals surface area (Å²) in [6, 6.07) is 10.2. The quantitative estimate of drug-likeness (QED) is 0.411. The fourth-order valence-corrected chi connectivity index (χ4v) is 4.87. The molecule has 1 aromatic carbocycles. The van der Waals surface area contributed by atoms with Crippen molar-refractivity contribution in [3.63, 3.8) is 0 Å². The van der Waals surface area contributed by atoms with Gasteiger partial charge in [0.25, 0.3) is 0 Å². The first-order chi connectivity index (χ1) is 16.4. The Hall–Kier alpha value is -2.03. The minimum Gasteiger partial charge on any atom is -0.385 e. The Labute approximate surface area is 203 Å². The smallest absolute Gasteiger partial charge is 0.385 e. The highest BCUT2D eigenvalue weighted by molar-refractivity contribution is 6.33. The van der Waals surface area contributed by atoms with Crippen molar-refractivity contribution in [3.8, 4) is 11.1 Å². The molecule has 0 unspecified atom stereocenters. The maximum atomic E-state index is 12.4. The molecule has 2 aliphatic rings. The van der Waals surface area contributed by atoms with Gasteiger partial charge in [0, 0.05) is 49.3 Å². The van der Waals surface area contributed by atoms with E-state index < -0.39 is 12.7 Å². The molecule has 2 fully saturated rings. The Morgan fingerprint density at radius 2 is 1.74 bits per heavy atom. The molecule has 1 saturated carbocycles. The van der Waals surface area contributed by atoms with Crippen molar-refractivity contribution in [3.05, 3.63) is 41.6 Å². The van der Waals surface area contributed by atoms with Gasteiger partial charge < -0.3 is 20.7 Å². The third-order valence-electron chi connectivity index (χ3n) is 6.64. The van der Waals surface area contributed by atoms with Gasteiger partial charge in [-0.1, -0.05) is 23.7 Å². The fourth-order valence-electron chi connectivity index (χ4n) is 4.66. The lowest BCUT2D eigenvalue weighted by molar-refractivity contribution is -0.126. The molecule has 1 aliphatic heterocycles. The first kappa shape index (κ1) is 25.1. The largest absolute Gasteiger partial charge is 0.401 e. The van der Waals surface area contributed by atoms with Crippen molar-refractivity contribution < 1.29 is 17.9 Å².